The second-order valence-electron chi connectivity index (χ2n) is 4.53. The summed E-state index contributed by atoms with van der Waals surface area (Å²) < 4.78 is 39.9. The first kappa shape index (κ1) is 17.2. The van der Waals surface area contributed by atoms with E-state index in [9.17, 15) is 18.0 Å². The Morgan fingerprint density at radius 1 is 1.04 bits per heavy atom. The van der Waals surface area contributed by atoms with Crippen LogP contribution in [0.2, 0.25) is 0 Å². The van der Waals surface area contributed by atoms with Crippen LogP contribution >= 0.6 is 11.8 Å². The maximum Gasteiger partial charge on any atom is 0.573 e. The highest BCUT2D eigenvalue weighted by Crippen LogP contribution is 2.24. The lowest BCUT2D eigenvalue weighted by Gasteiger charge is -2.10. The number of nitrogens with one attached hydrogen (secondary N) is 1. The van der Waals surface area contributed by atoms with E-state index in [1.807, 2.05) is 30.3 Å². The van der Waals surface area contributed by atoms with E-state index in [2.05, 4.69) is 10.1 Å². The van der Waals surface area contributed by atoms with Crippen LogP contribution in [-0.4, -0.2) is 18.0 Å². The molecule has 0 bridgehead atoms. The summed E-state index contributed by atoms with van der Waals surface area (Å²) in [6, 6.07) is 14.7. The SMILES string of the molecule is O=C(CCSc1ccccc1)Nc1ccc(OC(F)(F)F)cc1. The van der Waals surface area contributed by atoms with Crippen LogP contribution in [0.1, 0.15) is 6.42 Å². The summed E-state index contributed by atoms with van der Waals surface area (Å²) in [6.07, 6.45) is -4.42. The molecule has 23 heavy (non-hydrogen) atoms. The molecule has 0 aliphatic heterocycles. The van der Waals surface area contributed by atoms with E-state index in [0.29, 0.717) is 17.9 Å². The molecule has 0 heterocycles. The predicted molar refractivity (Wildman–Crippen MR) is 83.5 cm³/mol. The van der Waals surface area contributed by atoms with Crippen LogP contribution in [0.15, 0.2) is 59.5 Å². The van der Waals surface area contributed by atoms with Crippen molar-refractivity contribution >= 4 is 23.4 Å². The van der Waals surface area contributed by atoms with Crippen LogP contribution in [0.4, 0.5) is 18.9 Å². The lowest BCUT2D eigenvalue weighted by molar-refractivity contribution is -0.274. The molecule has 0 saturated heterocycles. The predicted octanol–water partition coefficient (Wildman–Crippen LogP) is 4.71. The third kappa shape index (κ3) is 6.65. The Hall–Kier alpha value is -2.15. The van der Waals surface area contributed by atoms with Crippen molar-refractivity contribution in [3.8, 4) is 5.75 Å². The van der Waals surface area contributed by atoms with Crippen LogP contribution in [0.3, 0.4) is 0 Å². The fraction of sp³-hybridized carbons (Fsp3) is 0.188. The van der Waals surface area contributed by atoms with Crippen molar-refractivity contribution in [2.45, 2.75) is 17.7 Å². The fourth-order valence-corrected chi connectivity index (χ4v) is 2.61. The number of alkyl halides is 3. The van der Waals surface area contributed by atoms with Crippen LogP contribution in [-0.2, 0) is 4.79 Å². The number of benzene rings is 2. The van der Waals surface area contributed by atoms with E-state index in [0.717, 1.165) is 17.0 Å². The van der Waals surface area contributed by atoms with Gasteiger partial charge in [0.15, 0.2) is 0 Å². The molecular weight excluding hydrogens is 327 g/mol. The summed E-state index contributed by atoms with van der Waals surface area (Å²) in [5.74, 6) is 0.0959. The molecule has 0 unspecified atom stereocenters. The normalized spacial score (nSPS) is 11.1. The Kier molecular flexibility index (Phi) is 5.92. The van der Waals surface area contributed by atoms with Crippen LogP contribution < -0.4 is 10.1 Å². The highest BCUT2D eigenvalue weighted by atomic mass is 32.2. The second kappa shape index (κ2) is 7.92. The first-order chi connectivity index (χ1) is 10.9. The van der Waals surface area contributed by atoms with Gasteiger partial charge in [0.2, 0.25) is 5.91 Å². The molecule has 0 spiro atoms. The first-order valence-corrected chi connectivity index (χ1v) is 7.74. The number of anilines is 1. The lowest BCUT2D eigenvalue weighted by atomic mass is 10.3. The molecule has 0 saturated carbocycles. The van der Waals surface area contributed by atoms with Gasteiger partial charge in [0.25, 0.3) is 0 Å². The molecule has 122 valence electrons. The van der Waals surface area contributed by atoms with Gasteiger partial charge in [-0.3, -0.25) is 4.79 Å². The number of halogens is 3. The number of carbonyl (C=O) groups excluding carboxylic acids is 1. The molecule has 0 aliphatic carbocycles. The van der Waals surface area contributed by atoms with Gasteiger partial charge in [-0.2, -0.15) is 0 Å². The largest absolute Gasteiger partial charge is 0.573 e. The summed E-state index contributed by atoms with van der Waals surface area (Å²) in [7, 11) is 0. The minimum atomic E-state index is -4.72. The van der Waals surface area contributed by atoms with Crippen LogP contribution in [0.25, 0.3) is 0 Å². The van der Waals surface area contributed by atoms with Gasteiger partial charge in [-0.1, -0.05) is 18.2 Å². The van der Waals surface area contributed by atoms with Gasteiger partial charge < -0.3 is 10.1 Å². The number of ether oxygens (including phenoxy) is 1. The van der Waals surface area contributed by atoms with E-state index < -0.39 is 6.36 Å². The molecule has 1 amide bonds. The Labute approximate surface area is 135 Å². The lowest BCUT2D eigenvalue weighted by Crippen LogP contribution is -2.17. The number of hydrogen-bond acceptors (Lipinski definition) is 3. The molecule has 0 atom stereocenters. The van der Waals surface area contributed by atoms with E-state index >= 15 is 0 Å². The second-order valence-corrected chi connectivity index (χ2v) is 5.70. The van der Waals surface area contributed by atoms with Crippen molar-refractivity contribution in [3.05, 3.63) is 54.6 Å². The summed E-state index contributed by atoms with van der Waals surface area (Å²) in [6.45, 7) is 0. The number of rotatable bonds is 6. The van der Waals surface area contributed by atoms with Gasteiger partial charge >= 0.3 is 6.36 Å². The zero-order valence-electron chi connectivity index (χ0n) is 12.0. The molecule has 1 N–H and O–H groups in total. The number of amides is 1. The number of carbonyl (C=O) groups is 1. The summed E-state index contributed by atoms with van der Waals surface area (Å²) in [5.41, 5.74) is 0.425. The molecule has 2 aromatic rings. The van der Waals surface area contributed by atoms with Gasteiger partial charge in [-0.15, -0.1) is 24.9 Å². The van der Waals surface area contributed by atoms with Crippen LogP contribution in [0.5, 0.6) is 5.75 Å². The van der Waals surface area contributed by atoms with Crippen molar-refractivity contribution < 1.29 is 22.7 Å². The molecule has 3 nitrogen and oxygen atoms in total. The molecule has 0 radical (unpaired) electrons. The molecule has 0 aliphatic rings. The quantitative estimate of drug-likeness (QED) is 0.774. The third-order valence-corrected chi connectivity index (χ3v) is 3.73. The molecule has 7 heteroatoms. The first-order valence-electron chi connectivity index (χ1n) is 6.76. The summed E-state index contributed by atoms with van der Waals surface area (Å²) in [4.78, 5) is 12.9. The molecular formula is C16H14F3NO2S. The van der Waals surface area contributed by atoms with Crippen LogP contribution in [0, 0.1) is 0 Å². The van der Waals surface area contributed by atoms with Gasteiger partial charge in [0.05, 0.1) is 0 Å². The Bertz CT molecular complexity index is 630. The minimum Gasteiger partial charge on any atom is -0.406 e. The van der Waals surface area contributed by atoms with E-state index in [1.54, 1.807) is 11.8 Å². The average molecular weight is 341 g/mol. The summed E-state index contributed by atoms with van der Waals surface area (Å²) >= 11 is 1.56. The number of hydrogen-bond donors (Lipinski definition) is 1. The van der Waals surface area contributed by atoms with E-state index in [1.165, 1.54) is 12.1 Å². The van der Waals surface area contributed by atoms with Crippen molar-refractivity contribution in [1.29, 1.82) is 0 Å². The molecule has 0 aromatic heterocycles. The zero-order chi connectivity index (χ0) is 16.7. The number of thioether (sulfide) groups is 1. The highest BCUT2D eigenvalue weighted by Gasteiger charge is 2.30. The van der Waals surface area contributed by atoms with Crippen molar-refractivity contribution in [2.24, 2.45) is 0 Å². The molecule has 2 aromatic carbocycles. The van der Waals surface area contributed by atoms with Crippen molar-refractivity contribution in [1.82, 2.24) is 0 Å². The zero-order valence-corrected chi connectivity index (χ0v) is 12.8. The topological polar surface area (TPSA) is 38.3 Å². The monoisotopic (exact) mass is 341 g/mol. The smallest absolute Gasteiger partial charge is 0.406 e. The van der Waals surface area contributed by atoms with Crippen molar-refractivity contribution in [3.63, 3.8) is 0 Å². The molecule has 0 fully saturated rings. The Morgan fingerprint density at radius 2 is 1.70 bits per heavy atom. The van der Waals surface area contributed by atoms with Gasteiger partial charge in [-0.05, 0) is 36.4 Å². The van der Waals surface area contributed by atoms with Gasteiger partial charge in [-0.25, -0.2) is 0 Å². The van der Waals surface area contributed by atoms with E-state index in [4.69, 9.17) is 0 Å². The Balaban J connectivity index is 1.76. The Morgan fingerprint density at radius 3 is 2.30 bits per heavy atom. The standard InChI is InChI=1S/C16H14F3NO2S/c17-16(18,19)22-13-8-6-12(7-9-13)20-15(21)10-11-23-14-4-2-1-3-5-14/h1-9H,10-11H2,(H,20,21). The fourth-order valence-electron chi connectivity index (χ4n) is 1.74. The van der Waals surface area contributed by atoms with Gasteiger partial charge in [0, 0.05) is 22.8 Å². The summed E-state index contributed by atoms with van der Waals surface area (Å²) in [5, 5.41) is 2.63. The highest BCUT2D eigenvalue weighted by molar-refractivity contribution is 7.99. The van der Waals surface area contributed by atoms with E-state index in [-0.39, 0.29) is 11.7 Å². The maximum atomic E-state index is 12.0. The molecule has 2 rings (SSSR count). The minimum absolute atomic E-state index is 0.196. The van der Waals surface area contributed by atoms with Gasteiger partial charge in [0.1, 0.15) is 5.75 Å². The third-order valence-electron chi connectivity index (χ3n) is 2.71. The average Bonchev–Trinajstić information content (AvgIpc) is 2.49. The maximum absolute atomic E-state index is 12.0. The van der Waals surface area contributed by atoms with Crippen molar-refractivity contribution in [2.75, 3.05) is 11.1 Å².